The van der Waals surface area contributed by atoms with Crippen molar-refractivity contribution >= 4 is 28.8 Å². The van der Waals surface area contributed by atoms with E-state index in [-0.39, 0.29) is 22.9 Å². The van der Waals surface area contributed by atoms with Crippen LogP contribution in [0, 0.1) is 11.6 Å². The summed E-state index contributed by atoms with van der Waals surface area (Å²) < 4.78 is 60.2. The van der Waals surface area contributed by atoms with Crippen LogP contribution >= 0.6 is 0 Å². The molecule has 1 unspecified atom stereocenters. The molecule has 0 amide bonds. The number of fused-ring (bicyclic) bond motifs is 1. The van der Waals surface area contributed by atoms with E-state index < -0.39 is 40.7 Å². The Bertz CT molecular complexity index is 1290. The number of hydrogen-bond donors (Lipinski definition) is 4. The minimum atomic E-state index is -5.08. The summed E-state index contributed by atoms with van der Waals surface area (Å²) in [5, 5.41) is 19.3. The van der Waals surface area contributed by atoms with Crippen LogP contribution in [0.15, 0.2) is 35.4 Å². The molecule has 0 bridgehead atoms. The molecule has 0 aliphatic heterocycles. The first-order valence-electron chi connectivity index (χ1n) is 9.13. The van der Waals surface area contributed by atoms with Crippen molar-refractivity contribution in [1.82, 2.24) is 14.5 Å². The number of nitrogens with zero attached hydrogens (tertiary/aromatic N) is 3. The Hall–Kier alpha value is -4.14. The maximum atomic E-state index is 14.2. The van der Waals surface area contributed by atoms with Crippen LogP contribution in [0.4, 0.5) is 27.8 Å². The SMILES string of the molecule is CC(N)CNc1ccc2c(=O)c(C(=O)O)cn(-c3ncc(F)cc3F)c2n1.O=C(O)C(F)(F)F. The molecule has 0 aliphatic rings. The van der Waals surface area contributed by atoms with Gasteiger partial charge in [0.2, 0.25) is 5.43 Å². The van der Waals surface area contributed by atoms with Crippen LogP contribution in [0.2, 0.25) is 0 Å². The molecule has 3 aromatic rings. The molecule has 182 valence electrons. The molecular weight excluding hydrogens is 473 g/mol. The fourth-order valence-corrected chi connectivity index (χ4v) is 2.47. The van der Waals surface area contributed by atoms with Gasteiger partial charge >= 0.3 is 18.1 Å². The number of carboxylic acids is 2. The number of pyridine rings is 3. The van der Waals surface area contributed by atoms with Crippen LogP contribution in [-0.4, -0.2) is 55.4 Å². The molecule has 3 heterocycles. The largest absolute Gasteiger partial charge is 0.490 e. The highest BCUT2D eigenvalue weighted by molar-refractivity contribution is 5.92. The number of halogens is 5. The van der Waals surface area contributed by atoms with Crippen LogP contribution < -0.4 is 16.5 Å². The van der Waals surface area contributed by atoms with Gasteiger partial charge in [-0.25, -0.2) is 28.3 Å². The number of aromatic carboxylic acids is 1. The number of aromatic nitrogens is 3. The summed E-state index contributed by atoms with van der Waals surface area (Å²) in [5.41, 5.74) is 4.28. The molecule has 0 radical (unpaired) electrons. The number of carbonyl (C=O) groups is 2. The van der Waals surface area contributed by atoms with Crippen LogP contribution in [0.3, 0.4) is 0 Å². The van der Waals surface area contributed by atoms with Crippen molar-refractivity contribution in [2.24, 2.45) is 5.73 Å². The van der Waals surface area contributed by atoms with E-state index in [0.717, 1.165) is 17.0 Å². The molecule has 34 heavy (non-hydrogen) atoms. The Labute approximate surface area is 186 Å². The Morgan fingerprint density at radius 3 is 2.35 bits per heavy atom. The molecule has 0 saturated heterocycles. The lowest BCUT2D eigenvalue weighted by Gasteiger charge is -2.14. The second-order valence-corrected chi connectivity index (χ2v) is 6.73. The zero-order valence-electron chi connectivity index (χ0n) is 17.1. The maximum Gasteiger partial charge on any atom is 0.490 e. The van der Waals surface area contributed by atoms with Crippen molar-refractivity contribution in [2.45, 2.75) is 19.1 Å². The molecule has 0 fully saturated rings. The van der Waals surface area contributed by atoms with Crippen LogP contribution in [0.25, 0.3) is 16.9 Å². The second kappa shape index (κ2) is 10.2. The number of rotatable bonds is 5. The van der Waals surface area contributed by atoms with E-state index in [2.05, 4.69) is 15.3 Å². The molecule has 0 aromatic carbocycles. The summed E-state index contributed by atoms with van der Waals surface area (Å²) in [6, 6.07) is 3.29. The highest BCUT2D eigenvalue weighted by atomic mass is 19.4. The molecule has 3 rings (SSSR count). The molecule has 15 heteroatoms. The summed E-state index contributed by atoms with van der Waals surface area (Å²) in [4.78, 5) is 40.6. The Kier molecular flexibility index (Phi) is 7.84. The van der Waals surface area contributed by atoms with Gasteiger partial charge in [-0.15, -0.1) is 0 Å². The fraction of sp³-hybridized carbons (Fsp3) is 0.211. The Morgan fingerprint density at radius 1 is 1.24 bits per heavy atom. The number of aliphatic carboxylic acids is 1. The minimum Gasteiger partial charge on any atom is -0.477 e. The van der Waals surface area contributed by atoms with E-state index in [1.165, 1.54) is 12.1 Å². The first-order valence-corrected chi connectivity index (χ1v) is 9.13. The fourth-order valence-electron chi connectivity index (χ4n) is 2.47. The summed E-state index contributed by atoms with van der Waals surface area (Å²) in [7, 11) is 0. The quantitative estimate of drug-likeness (QED) is 0.394. The van der Waals surface area contributed by atoms with Gasteiger partial charge in [-0.1, -0.05) is 0 Å². The highest BCUT2D eigenvalue weighted by Gasteiger charge is 2.38. The minimum absolute atomic E-state index is 0.0299. The van der Waals surface area contributed by atoms with Gasteiger partial charge in [-0.2, -0.15) is 13.2 Å². The van der Waals surface area contributed by atoms with Gasteiger partial charge in [0.1, 0.15) is 17.2 Å². The van der Waals surface area contributed by atoms with Crippen LogP contribution in [-0.2, 0) is 4.79 Å². The lowest BCUT2D eigenvalue weighted by Crippen LogP contribution is -2.26. The van der Waals surface area contributed by atoms with Gasteiger partial charge in [0.05, 0.1) is 11.6 Å². The molecule has 3 aromatic heterocycles. The average Bonchev–Trinajstić information content (AvgIpc) is 2.72. The van der Waals surface area contributed by atoms with Crippen LogP contribution in [0.5, 0.6) is 0 Å². The molecular formula is C19H16F5N5O5. The van der Waals surface area contributed by atoms with Crippen LogP contribution in [0.1, 0.15) is 17.3 Å². The molecule has 10 nitrogen and oxygen atoms in total. The molecule has 0 saturated carbocycles. The monoisotopic (exact) mass is 489 g/mol. The smallest absolute Gasteiger partial charge is 0.477 e. The molecule has 1 atom stereocenters. The number of hydrogen-bond acceptors (Lipinski definition) is 7. The number of nitrogens with two attached hydrogens (primary N) is 1. The first kappa shape index (κ1) is 26.1. The van der Waals surface area contributed by atoms with E-state index >= 15 is 0 Å². The van der Waals surface area contributed by atoms with E-state index in [9.17, 15) is 36.6 Å². The summed E-state index contributed by atoms with van der Waals surface area (Å²) in [6.07, 6.45) is -3.39. The summed E-state index contributed by atoms with van der Waals surface area (Å²) in [5.74, 6) is -6.22. The number of anilines is 1. The first-order chi connectivity index (χ1) is 15.7. The number of nitrogens with one attached hydrogen (secondary N) is 1. The predicted octanol–water partition coefficient (Wildman–Crippen LogP) is 2.15. The predicted molar refractivity (Wildman–Crippen MR) is 108 cm³/mol. The normalized spacial score (nSPS) is 12.0. The lowest BCUT2D eigenvalue weighted by molar-refractivity contribution is -0.192. The second-order valence-electron chi connectivity index (χ2n) is 6.73. The van der Waals surface area contributed by atoms with Gasteiger partial charge in [-0.05, 0) is 19.1 Å². The van der Waals surface area contributed by atoms with E-state index in [0.29, 0.717) is 18.4 Å². The third-order valence-corrected chi connectivity index (χ3v) is 3.95. The Balaban J connectivity index is 0.000000509. The molecule has 5 N–H and O–H groups in total. The molecule has 0 spiro atoms. The lowest BCUT2D eigenvalue weighted by atomic mass is 10.2. The zero-order valence-corrected chi connectivity index (χ0v) is 17.1. The van der Waals surface area contributed by atoms with Crippen molar-refractivity contribution < 1.29 is 41.8 Å². The van der Waals surface area contributed by atoms with E-state index in [1.54, 1.807) is 6.92 Å². The number of carboxylic acid groups (broad SMARTS) is 2. The van der Waals surface area contributed by atoms with Crippen molar-refractivity contribution in [1.29, 1.82) is 0 Å². The highest BCUT2D eigenvalue weighted by Crippen LogP contribution is 2.20. The third-order valence-electron chi connectivity index (χ3n) is 3.95. The standard InChI is InChI=1S/C17H15F2N5O3.C2HF3O2/c1-8(20)5-21-13-3-2-10-14(25)11(17(26)27)7-24(15(10)23-13)16-12(19)4-9(18)6-22-16;3-2(4,5)1(6)7/h2-4,6-8H,5,20H2,1H3,(H,21,23)(H,26,27);(H,6,7). The topological polar surface area (TPSA) is 160 Å². The molecule has 0 aliphatic carbocycles. The zero-order chi connectivity index (χ0) is 25.8. The maximum absolute atomic E-state index is 14.2. The van der Waals surface area contributed by atoms with E-state index in [4.69, 9.17) is 15.6 Å². The van der Waals surface area contributed by atoms with Gasteiger partial charge in [0.25, 0.3) is 0 Å². The van der Waals surface area contributed by atoms with Gasteiger partial charge in [-0.3, -0.25) is 9.36 Å². The average molecular weight is 489 g/mol. The van der Waals surface area contributed by atoms with E-state index in [1.807, 2.05) is 0 Å². The van der Waals surface area contributed by atoms with Crippen molar-refractivity contribution in [3.05, 3.63) is 58.0 Å². The Morgan fingerprint density at radius 2 is 1.85 bits per heavy atom. The summed E-state index contributed by atoms with van der Waals surface area (Å²) in [6.45, 7) is 2.17. The van der Waals surface area contributed by atoms with Crippen molar-refractivity contribution in [2.75, 3.05) is 11.9 Å². The van der Waals surface area contributed by atoms with Gasteiger partial charge < -0.3 is 21.3 Å². The van der Waals surface area contributed by atoms with Gasteiger partial charge in [0.15, 0.2) is 17.3 Å². The van der Waals surface area contributed by atoms with Gasteiger partial charge in [0, 0.05) is 24.8 Å². The van der Waals surface area contributed by atoms with Crippen molar-refractivity contribution in [3.8, 4) is 5.82 Å². The van der Waals surface area contributed by atoms with Crippen molar-refractivity contribution in [3.63, 3.8) is 0 Å². The summed E-state index contributed by atoms with van der Waals surface area (Å²) >= 11 is 0. The third kappa shape index (κ3) is 6.22. The number of alkyl halides is 3.